The molecule has 3 aromatic rings. The number of piperidine rings is 1. The number of anilines is 3. The molecule has 2 atom stereocenters. The average molecular weight is 360 g/mol. The highest BCUT2D eigenvalue weighted by atomic mass is 15.3. The third kappa shape index (κ3) is 2.28. The van der Waals surface area contributed by atoms with Crippen LogP contribution in [-0.2, 0) is 6.42 Å². The minimum Gasteiger partial charge on any atom is -0.349 e. The molecule has 6 rings (SSSR count). The van der Waals surface area contributed by atoms with Gasteiger partial charge in [0.15, 0.2) is 5.82 Å². The number of aromatic nitrogens is 4. The summed E-state index contributed by atoms with van der Waals surface area (Å²) in [5.74, 6) is 2.10. The van der Waals surface area contributed by atoms with E-state index in [1.165, 1.54) is 43.5 Å². The van der Waals surface area contributed by atoms with E-state index in [-0.39, 0.29) is 0 Å². The zero-order chi connectivity index (χ0) is 17.8. The highest BCUT2D eigenvalue weighted by molar-refractivity contribution is 5.74. The second kappa shape index (κ2) is 5.94. The fourth-order valence-corrected chi connectivity index (χ4v) is 5.36. The maximum absolute atomic E-state index is 4.84. The lowest BCUT2D eigenvalue weighted by Crippen LogP contribution is -2.40. The van der Waals surface area contributed by atoms with Crippen LogP contribution in [0.2, 0.25) is 0 Å². The van der Waals surface area contributed by atoms with E-state index in [9.17, 15) is 0 Å². The zero-order valence-corrected chi connectivity index (χ0v) is 15.5. The molecule has 6 nitrogen and oxygen atoms in total. The van der Waals surface area contributed by atoms with Gasteiger partial charge in [-0.2, -0.15) is 0 Å². The van der Waals surface area contributed by atoms with Crippen molar-refractivity contribution in [3.8, 4) is 0 Å². The fourth-order valence-electron chi connectivity index (χ4n) is 5.36. The van der Waals surface area contributed by atoms with Crippen molar-refractivity contribution >= 4 is 23.0 Å². The number of imidazole rings is 1. The minimum atomic E-state index is 0.653. The van der Waals surface area contributed by atoms with Gasteiger partial charge in [-0.15, -0.1) is 0 Å². The monoisotopic (exact) mass is 360 g/mol. The third-order valence-corrected chi connectivity index (χ3v) is 6.55. The summed E-state index contributed by atoms with van der Waals surface area (Å²) in [6.07, 6.45) is 16.6. The Hall–Kier alpha value is -2.63. The molecule has 0 saturated carbocycles. The molecule has 3 aromatic heterocycles. The summed E-state index contributed by atoms with van der Waals surface area (Å²) in [5, 5.41) is 0. The number of aryl methyl sites for hydroxylation is 1. The van der Waals surface area contributed by atoms with E-state index in [4.69, 9.17) is 9.97 Å². The van der Waals surface area contributed by atoms with Gasteiger partial charge in [-0.25, -0.2) is 9.97 Å². The van der Waals surface area contributed by atoms with Gasteiger partial charge in [0.2, 0.25) is 5.95 Å². The van der Waals surface area contributed by atoms with Gasteiger partial charge in [0.1, 0.15) is 5.52 Å². The number of rotatable bonds is 2. The lowest BCUT2D eigenvalue weighted by molar-refractivity contribution is 0.465. The lowest BCUT2D eigenvalue weighted by atomic mass is 10.0. The summed E-state index contributed by atoms with van der Waals surface area (Å²) in [7, 11) is 0. The van der Waals surface area contributed by atoms with Crippen molar-refractivity contribution in [3.05, 3.63) is 42.6 Å². The molecule has 2 bridgehead atoms. The van der Waals surface area contributed by atoms with E-state index < -0.39 is 0 Å². The van der Waals surface area contributed by atoms with Gasteiger partial charge in [-0.1, -0.05) is 0 Å². The molecular weight excluding hydrogens is 336 g/mol. The van der Waals surface area contributed by atoms with E-state index in [2.05, 4.69) is 31.4 Å². The number of hydrogen-bond acceptors (Lipinski definition) is 5. The summed E-state index contributed by atoms with van der Waals surface area (Å²) in [6, 6.07) is 5.49. The molecular formula is C21H24N6. The third-order valence-electron chi connectivity index (χ3n) is 6.55. The van der Waals surface area contributed by atoms with E-state index >= 15 is 0 Å². The van der Waals surface area contributed by atoms with Crippen LogP contribution >= 0.6 is 0 Å². The molecule has 0 unspecified atom stereocenters. The first-order chi connectivity index (χ1) is 13.4. The van der Waals surface area contributed by atoms with Crippen LogP contribution in [0.5, 0.6) is 0 Å². The first-order valence-electron chi connectivity index (χ1n) is 10.2. The Kier molecular flexibility index (Phi) is 3.39. The van der Waals surface area contributed by atoms with Gasteiger partial charge < -0.3 is 9.80 Å². The van der Waals surface area contributed by atoms with E-state index in [0.29, 0.717) is 12.1 Å². The van der Waals surface area contributed by atoms with Gasteiger partial charge >= 0.3 is 0 Å². The Morgan fingerprint density at radius 1 is 0.926 bits per heavy atom. The molecule has 6 heteroatoms. The Balaban J connectivity index is 1.46. The van der Waals surface area contributed by atoms with E-state index in [1.54, 1.807) is 0 Å². The molecule has 0 aromatic carbocycles. The van der Waals surface area contributed by atoms with Gasteiger partial charge in [0, 0.05) is 37.2 Å². The summed E-state index contributed by atoms with van der Waals surface area (Å²) in [4.78, 5) is 19.1. The van der Waals surface area contributed by atoms with Gasteiger partial charge in [-0.05, 0) is 57.1 Å². The molecule has 0 N–H and O–H groups in total. The zero-order valence-electron chi connectivity index (χ0n) is 15.5. The first-order valence-corrected chi connectivity index (χ1v) is 10.2. The Morgan fingerprint density at radius 2 is 1.81 bits per heavy atom. The molecule has 0 radical (unpaired) electrons. The molecule has 3 aliphatic heterocycles. The second-order valence-corrected chi connectivity index (χ2v) is 8.01. The van der Waals surface area contributed by atoms with Crippen LogP contribution < -0.4 is 9.80 Å². The van der Waals surface area contributed by atoms with Crippen LogP contribution in [0.4, 0.5) is 17.5 Å². The standard InChI is InChI=1S/C21H24N6/c1-4-15-8-9-16(5-1)27(15)20-19-14-24-21(26(19)13-11-23-20)25-12-3-6-17-18(25)7-2-10-22-17/h2,7,10-11,13-16H,1,3-6,8-9,12H2/t15-,16+. The normalized spacial score (nSPS) is 24.4. The highest BCUT2D eigenvalue weighted by Crippen LogP contribution is 2.40. The molecule has 2 fully saturated rings. The number of nitrogens with zero attached hydrogens (tertiary/aromatic N) is 6. The largest absolute Gasteiger partial charge is 0.349 e. The van der Waals surface area contributed by atoms with E-state index in [1.807, 2.05) is 24.7 Å². The predicted molar refractivity (Wildman–Crippen MR) is 106 cm³/mol. The van der Waals surface area contributed by atoms with Crippen LogP contribution in [-0.4, -0.2) is 38.0 Å². The topological polar surface area (TPSA) is 49.6 Å². The van der Waals surface area contributed by atoms with Crippen molar-refractivity contribution in [2.24, 2.45) is 0 Å². The maximum atomic E-state index is 4.84. The Labute approximate surface area is 158 Å². The van der Waals surface area contributed by atoms with Crippen molar-refractivity contribution in [1.82, 2.24) is 19.4 Å². The highest BCUT2D eigenvalue weighted by Gasteiger charge is 2.38. The van der Waals surface area contributed by atoms with E-state index in [0.717, 1.165) is 36.7 Å². The quantitative estimate of drug-likeness (QED) is 0.697. The number of fused-ring (bicyclic) bond motifs is 4. The summed E-state index contributed by atoms with van der Waals surface area (Å²) < 4.78 is 2.22. The fraction of sp³-hybridized carbons (Fsp3) is 0.476. The average Bonchev–Trinajstić information content (AvgIpc) is 3.25. The predicted octanol–water partition coefficient (Wildman–Crippen LogP) is 3.73. The Morgan fingerprint density at radius 3 is 2.70 bits per heavy atom. The SMILES string of the molecule is c1cnc2c(c1)N(c1ncc3c(N4[C@@H]5CCC[C@H]4CC5)nccn13)CCC2. The van der Waals surface area contributed by atoms with Crippen molar-refractivity contribution in [3.63, 3.8) is 0 Å². The van der Waals surface area contributed by atoms with Crippen LogP contribution in [0, 0.1) is 0 Å². The van der Waals surface area contributed by atoms with Crippen LogP contribution in [0.1, 0.15) is 44.2 Å². The molecule has 3 aliphatic rings. The van der Waals surface area contributed by atoms with Crippen molar-refractivity contribution < 1.29 is 0 Å². The van der Waals surface area contributed by atoms with Gasteiger partial charge in [-0.3, -0.25) is 9.38 Å². The molecule has 138 valence electrons. The van der Waals surface area contributed by atoms with Crippen molar-refractivity contribution in [2.45, 2.75) is 57.0 Å². The van der Waals surface area contributed by atoms with Crippen LogP contribution in [0.25, 0.3) is 5.52 Å². The van der Waals surface area contributed by atoms with Crippen molar-refractivity contribution in [2.75, 3.05) is 16.3 Å². The summed E-state index contributed by atoms with van der Waals surface area (Å²) in [5.41, 5.74) is 3.49. The Bertz CT molecular complexity index is 979. The maximum Gasteiger partial charge on any atom is 0.214 e. The molecule has 2 saturated heterocycles. The molecule has 6 heterocycles. The smallest absolute Gasteiger partial charge is 0.214 e. The van der Waals surface area contributed by atoms with Gasteiger partial charge in [0.25, 0.3) is 0 Å². The minimum absolute atomic E-state index is 0.653. The molecule has 0 aliphatic carbocycles. The summed E-state index contributed by atoms with van der Waals surface area (Å²) >= 11 is 0. The van der Waals surface area contributed by atoms with Gasteiger partial charge in [0.05, 0.1) is 17.6 Å². The van der Waals surface area contributed by atoms with Crippen LogP contribution in [0.3, 0.4) is 0 Å². The van der Waals surface area contributed by atoms with Crippen molar-refractivity contribution in [1.29, 1.82) is 0 Å². The lowest BCUT2D eigenvalue weighted by Gasteiger charge is -2.36. The summed E-state index contributed by atoms with van der Waals surface area (Å²) in [6.45, 7) is 0.977. The number of pyridine rings is 1. The number of hydrogen-bond donors (Lipinski definition) is 0. The first kappa shape index (κ1) is 15.4. The molecule has 0 spiro atoms. The second-order valence-electron chi connectivity index (χ2n) is 8.01. The molecule has 0 amide bonds. The molecule has 27 heavy (non-hydrogen) atoms. The van der Waals surface area contributed by atoms with Crippen LogP contribution in [0.15, 0.2) is 36.9 Å².